The Morgan fingerprint density at radius 3 is 2.92 bits per heavy atom. The number of anilines is 1. The van der Waals surface area contributed by atoms with Gasteiger partial charge in [0.05, 0.1) is 11.6 Å². The Labute approximate surface area is 150 Å². The number of nitrogens with zero attached hydrogens (tertiary/aromatic N) is 4. The maximum atomic E-state index is 13.0. The molecule has 3 aromatic heterocycles. The molecule has 5 heterocycles. The van der Waals surface area contributed by atoms with Crippen molar-refractivity contribution in [1.29, 1.82) is 0 Å². The monoisotopic (exact) mass is 373 g/mol. The van der Waals surface area contributed by atoms with E-state index in [2.05, 4.69) is 19.9 Å². The molecule has 2 atom stereocenters. The van der Waals surface area contributed by atoms with Gasteiger partial charge in [-0.15, -0.1) is 0 Å². The van der Waals surface area contributed by atoms with Gasteiger partial charge in [-0.3, -0.25) is 0 Å². The van der Waals surface area contributed by atoms with E-state index in [9.17, 15) is 8.42 Å². The molecule has 2 fully saturated rings. The van der Waals surface area contributed by atoms with Crippen molar-refractivity contribution in [2.24, 2.45) is 0 Å². The summed E-state index contributed by atoms with van der Waals surface area (Å²) >= 11 is 0. The van der Waals surface area contributed by atoms with Crippen LogP contribution in [0.4, 0.5) is 5.82 Å². The van der Waals surface area contributed by atoms with Gasteiger partial charge < -0.3 is 14.3 Å². The van der Waals surface area contributed by atoms with Gasteiger partial charge in [0.25, 0.3) is 10.0 Å². The van der Waals surface area contributed by atoms with Gasteiger partial charge in [0, 0.05) is 31.4 Å². The van der Waals surface area contributed by atoms with Gasteiger partial charge in [-0.1, -0.05) is 0 Å². The molecule has 2 aliphatic rings. The molecule has 26 heavy (non-hydrogen) atoms. The van der Waals surface area contributed by atoms with Gasteiger partial charge in [-0.2, -0.15) is 4.31 Å². The zero-order chi connectivity index (χ0) is 17.7. The summed E-state index contributed by atoms with van der Waals surface area (Å²) in [4.78, 5) is 14.1. The maximum absolute atomic E-state index is 13.0. The predicted molar refractivity (Wildman–Crippen MR) is 95.3 cm³/mol. The van der Waals surface area contributed by atoms with Crippen molar-refractivity contribution < 1.29 is 12.8 Å². The van der Waals surface area contributed by atoms with Crippen LogP contribution in [0.1, 0.15) is 19.3 Å². The topological polar surface area (TPSA) is 95.3 Å². The predicted octanol–water partition coefficient (Wildman–Crippen LogP) is 1.98. The molecule has 3 aromatic rings. The van der Waals surface area contributed by atoms with Crippen LogP contribution >= 0.6 is 0 Å². The Morgan fingerprint density at radius 2 is 2.08 bits per heavy atom. The number of hydrogen-bond donors (Lipinski definition) is 1. The molecule has 0 spiro atoms. The zero-order valence-corrected chi connectivity index (χ0v) is 14.9. The molecule has 0 aromatic carbocycles. The number of aromatic amines is 1. The summed E-state index contributed by atoms with van der Waals surface area (Å²) in [6.45, 7) is 1.30. The quantitative estimate of drug-likeness (QED) is 0.754. The first-order chi connectivity index (χ1) is 12.7. The van der Waals surface area contributed by atoms with E-state index in [0.29, 0.717) is 6.54 Å². The van der Waals surface area contributed by atoms with Gasteiger partial charge in [0.1, 0.15) is 17.8 Å². The summed E-state index contributed by atoms with van der Waals surface area (Å²) in [6.07, 6.45) is 7.36. The number of piperidine rings is 1. The minimum absolute atomic E-state index is 0.0201. The summed E-state index contributed by atoms with van der Waals surface area (Å²) < 4.78 is 32.8. The van der Waals surface area contributed by atoms with Crippen LogP contribution in [-0.2, 0) is 10.0 Å². The van der Waals surface area contributed by atoms with Crippen LogP contribution in [0, 0.1) is 0 Å². The fourth-order valence-electron chi connectivity index (χ4n) is 4.32. The second kappa shape index (κ2) is 5.82. The number of H-pyrrole nitrogens is 1. The highest BCUT2D eigenvalue weighted by molar-refractivity contribution is 7.89. The van der Waals surface area contributed by atoms with E-state index >= 15 is 0 Å². The van der Waals surface area contributed by atoms with E-state index in [0.717, 1.165) is 42.7 Å². The van der Waals surface area contributed by atoms with Crippen molar-refractivity contribution in [2.75, 3.05) is 18.0 Å². The second-order valence-corrected chi connectivity index (χ2v) is 8.57. The molecule has 9 heteroatoms. The number of sulfonamides is 1. The maximum Gasteiger partial charge on any atom is 0.276 e. The van der Waals surface area contributed by atoms with Crippen LogP contribution < -0.4 is 4.90 Å². The van der Waals surface area contributed by atoms with Crippen LogP contribution in [-0.4, -0.2) is 52.8 Å². The summed E-state index contributed by atoms with van der Waals surface area (Å²) in [5.41, 5.74) is 0.800. The Kier molecular flexibility index (Phi) is 3.54. The minimum Gasteiger partial charge on any atom is -0.452 e. The average Bonchev–Trinajstić information content (AvgIpc) is 3.40. The van der Waals surface area contributed by atoms with Gasteiger partial charge >= 0.3 is 0 Å². The molecular formula is C17H19N5O3S. The first-order valence-electron chi connectivity index (χ1n) is 8.76. The molecule has 1 N–H and O–H groups in total. The fourth-order valence-corrected chi connectivity index (χ4v) is 5.95. The van der Waals surface area contributed by atoms with Crippen molar-refractivity contribution in [3.8, 4) is 0 Å². The van der Waals surface area contributed by atoms with Crippen LogP contribution in [0.25, 0.3) is 11.0 Å². The van der Waals surface area contributed by atoms with Crippen molar-refractivity contribution in [3.05, 3.63) is 37.0 Å². The SMILES string of the molecule is O=S(=O)(c1ccco1)N1CCC[C@@H]2[C@H]1CCN2c1ncnc2[nH]ccc12. The Bertz CT molecular complexity index is 1030. The third-order valence-corrected chi connectivity index (χ3v) is 7.23. The first-order valence-corrected chi connectivity index (χ1v) is 10.2. The highest BCUT2D eigenvalue weighted by Gasteiger charge is 2.46. The van der Waals surface area contributed by atoms with E-state index in [1.165, 1.54) is 12.3 Å². The number of fused-ring (bicyclic) bond motifs is 2. The largest absolute Gasteiger partial charge is 0.452 e. The lowest BCUT2D eigenvalue weighted by molar-refractivity contribution is 0.238. The molecular weight excluding hydrogens is 354 g/mol. The molecule has 2 aliphatic heterocycles. The zero-order valence-electron chi connectivity index (χ0n) is 14.1. The van der Waals surface area contributed by atoms with Crippen LogP contribution in [0.2, 0.25) is 0 Å². The molecule has 0 amide bonds. The Hall–Kier alpha value is -2.39. The number of furan rings is 1. The molecule has 2 saturated heterocycles. The Morgan fingerprint density at radius 1 is 1.15 bits per heavy atom. The molecule has 0 saturated carbocycles. The minimum atomic E-state index is -3.61. The summed E-state index contributed by atoms with van der Waals surface area (Å²) in [6, 6.07) is 5.14. The highest BCUT2D eigenvalue weighted by atomic mass is 32.2. The lowest BCUT2D eigenvalue weighted by atomic mass is 9.99. The first kappa shape index (κ1) is 15.8. The van der Waals surface area contributed by atoms with Crippen LogP contribution in [0.5, 0.6) is 0 Å². The molecule has 0 bridgehead atoms. The van der Waals surface area contributed by atoms with Crippen LogP contribution in [0.3, 0.4) is 0 Å². The lowest BCUT2D eigenvalue weighted by Gasteiger charge is -2.38. The average molecular weight is 373 g/mol. The van der Waals surface area contributed by atoms with E-state index in [4.69, 9.17) is 4.42 Å². The molecule has 5 rings (SSSR count). The fraction of sp³-hybridized carbons (Fsp3) is 0.412. The lowest BCUT2D eigenvalue weighted by Crippen LogP contribution is -2.51. The number of hydrogen-bond acceptors (Lipinski definition) is 6. The normalized spacial score (nSPS) is 24.2. The molecule has 0 unspecified atom stereocenters. The third kappa shape index (κ3) is 2.27. The number of rotatable bonds is 3. The highest BCUT2D eigenvalue weighted by Crippen LogP contribution is 2.38. The molecule has 0 aliphatic carbocycles. The van der Waals surface area contributed by atoms with Crippen molar-refractivity contribution in [1.82, 2.24) is 19.3 Å². The van der Waals surface area contributed by atoms with Gasteiger partial charge in [0.15, 0.2) is 0 Å². The summed E-state index contributed by atoms with van der Waals surface area (Å²) in [7, 11) is -3.61. The van der Waals surface area contributed by atoms with Gasteiger partial charge in [0.2, 0.25) is 5.09 Å². The van der Waals surface area contributed by atoms with Gasteiger partial charge in [-0.05, 0) is 37.5 Å². The smallest absolute Gasteiger partial charge is 0.276 e. The Balaban J connectivity index is 1.51. The number of aromatic nitrogens is 3. The van der Waals surface area contributed by atoms with Crippen LogP contribution in [0.15, 0.2) is 46.5 Å². The van der Waals surface area contributed by atoms with Gasteiger partial charge in [-0.25, -0.2) is 18.4 Å². The molecule has 136 valence electrons. The standard InChI is InChI=1S/C17H19N5O3S/c23-26(24,15-4-2-10-25-15)22-8-1-3-13-14(22)6-9-21(13)17-12-5-7-18-16(12)19-11-20-17/h2,4-5,7,10-11,13-14H,1,3,6,8-9H2,(H,18,19,20)/t13-,14-/m1/s1. The van der Waals surface area contributed by atoms with E-state index in [1.807, 2.05) is 12.3 Å². The second-order valence-electron chi connectivity index (χ2n) is 6.74. The third-order valence-electron chi connectivity index (χ3n) is 5.42. The summed E-state index contributed by atoms with van der Waals surface area (Å²) in [5.74, 6) is 0.876. The molecule has 0 radical (unpaired) electrons. The van der Waals surface area contributed by atoms with E-state index in [1.54, 1.807) is 16.7 Å². The molecule has 8 nitrogen and oxygen atoms in total. The summed E-state index contributed by atoms with van der Waals surface area (Å²) in [5, 5.41) is 0.992. The van der Waals surface area contributed by atoms with Crippen molar-refractivity contribution in [2.45, 2.75) is 36.4 Å². The number of nitrogens with one attached hydrogen (secondary N) is 1. The van der Waals surface area contributed by atoms with E-state index in [-0.39, 0.29) is 17.2 Å². The van der Waals surface area contributed by atoms with Crippen molar-refractivity contribution >= 4 is 26.9 Å². The van der Waals surface area contributed by atoms with E-state index < -0.39 is 10.0 Å². The van der Waals surface area contributed by atoms with Crippen molar-refractivity contribution in [3.63, 3.8) is 0 Å².